The molecule has 3 aromatic rings. The molecule has 11 heteroatoms. The number of amides is 1. The van der Waals surface area contributed by atoms with Crippen molar-refractivity contribution in [1.29, 1.82) is 0 Å². The van der Waals surface area contributed by atoms with Crippen LogP contribution in [0.4, 0.5) is 13.2 Å². The SMILES string of the molecule is C[C@H](N)c1oc(-c2ccc(OC(F)F)c(OCC3CC3)c2)nc1C(=O)NCc1ccccc1F.Cl. The van der Waals surface area contributed by atoms with E-state index in [0.717, 1.165) is 12.8 Å². The minimum atomic E-state index is -3.01. The van der Waals surface area contributed by atoms with Crippen LogP contribution < -0.4 is 20.5 Å². The Morgan fingerprint density at radius 3 is 2.63 bits per heavy atom. The summed E-state index contributed by atoms with van der Waals surface area (Å²) < 4.78 is 55.5. The molecule has 0 spiro atoms. The fourth-order valence-corrected chi connectivity index (χ4v) is 3.27. The number of halogens is 4. The Balaban J connectivity index is 0.00000342. The van der Waals surface area contributed by atoms with Crippen molar-refractivity contribution >= 4 is 18.3 Å². The highest BCUT2D eigenvalue weighted by Crippen LogP contribution is 2.37. The first-order valence-corrected chi connectivity index (χ1v) is 10.8. The lowest BCUT2D eigenvalue weighted by Crippen LogP contribution is -2.25. The van der Waals surface area contributed by atoms with Crippen molar-refractivity contribution in [2.45, 2.75) is 39.0 Å². The van der Waals surface area contributed by atoms with Gasteiger partial charge in [0.05, 0.1) is 12.6 Å². The summed E-state index contributed by atoms with van der Waals surface area (Å²) in [7, 11) is 0. The van der Waals surface area contributed by atoms with E-state index in [1.807, 2.05) is 0 Å². The molecule has 1 aliphatic carbocycles. The number of hydrogen-bond donors (Lipinski definition) is 2. The average molecular weight is 512 g/mol. The van der Waals surface area contributed by atoms with Gasteiger partial charge in [0, 0.05) is 17.7 Å². The van der Waals surface area contributed by atoms with Crippen LogP contribution >= 0.6 is 12.4 Å². The second-order valence-electron chi connectivity index (χ2n) is 8.09. The number of alkyl halides is 2. The van der Waals surface area contributed by atoms with Gasteiger partial charge in [-0.2, -0.15) is 8.78 Å². The zero-order valence-electron chi connectivity index (χ0n) is 18.8. The van der Waals surface area contributed by atoms with Gasteiger partial charge in [-0.05, 0) is 49.9 Å². The number of aromatic nitrogens is 1. The molecule has 7 nitrogen and oxygen atoms in total. The summed E-state index contributed by atoms with van der Waals surface area (Å²) in [5.41, 5.74) is 6.63. The number of rotatable bonds is 10. The van der Waals surface area contributed by atoms with Gasteiger partial charge in [0.25, 0.3) is 5.91 Å². The summed E-state index contributed by atoms with van der Waals surface area (Å²) in [5.74, 6) is -0.442. The molecule has 4 rings (SSSR count). The molecule has 1 atom stereocenters. The van der Waals surface area contributed by atoms with Crippen LogP contribution in [0.5, 0.6) is 11.5 Å². The normalized spacial score (nSPS) is 13.8. The highest BCUT2D eigenvalue weighted by atomic mass is 35.5. The van der Waals surface area contributed by atoms with E-state index in [-0.39, 0.29) is 47.8 Å². The van der Waals surface area contributed by atoms with Crippen LogP contribution in [0, 0.1) is 11.7 Å². The number of nitrogens with two attached hydrogens (primary N) is 1. The molecule has 188 valence electrons. The topological polar surface area (TPSA) is 99.6 Å². The third kappa shape index (κ3) is 6.67. The lowest BCUT2D eigenvalue weighted by molar-refractivity contribution is -0.0515. The third-order valence-electron chi connectivity index (χ3n) is 5.26. The Kier molecular flexibility index (Phi) is 8.63. The van der Waals surface area contributed by atoms with Gasteiger partial charge in [0.1, 0.15) is 5.82 Å². The number of oxazole rings is 1. The summed E-state index contributed by atoms with van der Waals surface area (Å²) >= 11 is 0. The molecule has 35 heavy (non-hydrogen) atoms. The molecule has 1 aliphatic rings. The first-order chi connectivity index (χ1) is 16.3. The number of benzene rings is 2. The van der Waals surface area contributed by atoms with E-state index in [1.54, 1.807) is 25.1 Å². The molecule has 1 fully saturated rings. The average Bonchev–Trinajstić information content (AvgIpc) is 3.52. The lowest BCUT2D eigenvalue weighted by atomic mass is 10.2. The molecule has 3 N–H and O–H groups in total. The number of carbonyl (C=O) groups excluding carboxylic acids is 1. The zero-order valence-corrected chi connectivity index (χ0v) is 19.6. The van der Waals surface area contributed by atoms with Gasteiger partial charge in [-0.25, -0.2) is 9.37 Å². The molecule has 0 unspecified atom stereocenters. The van der Waals surface area contributed by atoms with Crippen LogP contribution in [0.15, 0.2) is 46.9 Å². The van der Waals surface area contributed by atoms with Crippen LogP contribution in [0.3, 0.4) is 0 Å². The third-order valence-corrected chi connectivity index (χ3v) is 5.26. The van der Waals surface area contributed by atoms with Gasteiger partial charge < -0.3 is 24.9 Å². The highest BCUT2D eigenvalue weighted by molar-refractivity contribution is 5.94. The summed E-state index contributed by atoms with van der Waals surface area (Å²) in [5, 5.41) is 2.61. The van der Waals surface area contributed by atoms with Crippen molar-refractivity contribution in [3.8, 4) is 23.0 Å². The maximum atomic E-state index is 13.9. The standard InChI is InChI=1S/C24H24F3N3O4.ClH/c1-13(28)21-20(22(31)29-11-16-4-2-3-5-17(16)25)30-23(34-21)15-8-9-18(33-24(26)27)19(10-15)32-12-14-6-7-14;/h2-5,8-10,13-14,24H,6-7,11-12,28H2,1H3,(H,29,31);1H/t13-;/m0./s1. The molecule has 1 amide bonds. The Labute approximate surface area is 206 Å². The predicted molar refractivity (Wildman–Crippen MR) is 124 cm³/mol. The predicted octanol–water partition coefficient (Wildman–Crippen LogP) is 5.24. The van der Waals surface area contributed by atoms with Crippen molar-refractivity contribution in [3.05, 3.63) is 65.3 Å². The fourth-order valence-electron chi connectivity index (χ4n) is 3.27. The lowest BCUT2D eigenvalue weighted by Gasteiger charge is -2.12. The minimum absolute atomic E-state index is 0. The summed E-state index contributed by atoms with van der Waals surface area (Å²) in [6.45, 7) is -1.05. The molecule has 0 bridgehead atoms. The number of ether oxygens (including phenoxy) is 2. The van der Waals surface area contributed by atoms with Crippen LogP contribution in [-0.2, 0) is 6.54 Å². The van der Waals surface area contributed by atoms with Crippen LogP contribution in [0.25, 0.3) is 11.5 Å². The van der Waals surface area contributed by atoms with E-state index in [4.69, 9.17) is 14.9 Å². The molecule has 1 aromatic heterocycles. The van der Waals surface area contributed by atoms with Gasteiger partial charge in [0.2, 0.25) is 5.89 Å². The Bertz CT molecular complexity index is 1170. The Morgan fingerprint density at radius 2 is 1.97 bits per heavy atom. The monoisotopic (exact) mass is 511 g/mol. The molecule has 0 radical (unpaired) electrons. The first-order valence-electron chi connectivity index (χ1n) is 10.8. The van der Waals surface area contributed by atoms with Gasteiger partial charge in [0.15, 0.2) is 23.0 Å². The Morgan fingerprint density at radius 1 is 1.23 bits per heavy atom. The minimum Gasteiger partial charge on any atom is -0.489 e. The number of nitrogens with zero attached hydrogens (tertiary/aromatic N) is 1. The molecular formula is C24H25ClF3N3O4. The Hall–Kier alpha value is -3.24. The van der Waals surface area contributed by atoms with E-state index in [1.165, 1.54) is 24.3 Å². The van der Waals surface area contributed by atoms with Crippen LogP contribution in [-0.4, -0.2) is 24.1 Å². The molecule has 1 saturated carbocycles. The number of hydrogen-bond acceptors (Lipinski definition) is 6. The maximum absolute atomic E-state index is 13.9. The largest absolute Gasteiger partial charge is 0.489 e. The summed E-state index contributed by atoms with van der Waals surface area (Å²) in [6.07, 6.45) is 2.04. The molecule has 1 heterocycles. The molecule has 2 aromatic carbocycles. The molecule has 0 aliphatic heterocycles. The van der Waals surface area contributed by atoms with Crippen molar-refractivity contribution in [3.63, 3.8) is 0 Å². The van der Waals surface area contributed by atoms with E-state index in [9.17, 15) is 18.0 Å². The van der Waals surface area contributed by atoms with Crippen molar-refractivity contribution in [2.75, 3.05) is 6.61 Å². The van der Waals surface area contributed by atoms with Gasteiger partial charge in [-0.3, -0.25) is 4.79 Å². The quantitative estimate of drug-likeness (QED) is 0.386. The van der Waals surface area contributed by atoms with E-state index >= 15 is 0 Å². The molecular weight excluding hydrogens is 487 g/mol. The summed E-state index contributed by atoms with van der Waals surface area (Å²) in [6, 6.07) is 9.68. The van der Waals surface area contributed by atoms with Gasteiger partial charge in [-0.1, -0.05) is 18.2 Å². The maximum Gasteiger partial charge on any atom is 0.387 e. The van der Waals surface area contributed by atoms with Crippen LogP contribution in [0.2, 0.25) is 0 Å². The zero-order chi connectivity index (χ0) is 24.2. The highest BCUT2D eigenvalue weighted by Gasteiger charge is 2.26. The van der Waals surface area contributed by atoms with Crippen molar-refractivity contribution in [2.24, 2.45) is 11.7 Å². The van der Waals surface area contributed by atoms with Gasteiger partial charge in [-0.15, -0.1) is 12.4 Å². The number of nitrogens with one attached hydrogen (secondary N) is 1. The van der Waals surface area contributed by atoms with E-state index < -0.39 is 24.4 Å². The van der Waals surface area contributed by atoms with E-state index in [2.05, 4.69) is 15.0 Å². The van der Waals surface area contributed by atoms with Gasteiger partial charge >= 0.3 is 6.61 Å². The van der Waals surface area contributed by atoms with Crippen molar-refractivity contribution in [1.82, 2.24) is 10.3 Å². The smallest absolute Gasteiger partial charge is 0.387 e. The van der Waals surface area contributed by atoms with Crippen molar-refractivity contribution < 1.29 is 31.9 Å². The first kappa shape index (κ1) is 26.4. The molecule has 0 saturated heterocycles. The second kappa shape index (κ2) is 11.5. The number of carbonyl (C=O) groups is 1. The van der Waals surface area contributed by atoms with Crippen LogP contribution in [0.1, 0.15) is 47.6 Å². The second-order valence-corrected chi connectivity index (χ2v) is 8.09. The van der Waals surface area contributed by atoms with E-state index in [0.29, 0.717) is 23.7 Å². The fraction of sp³-hybridized carbons (Fsp3) is 0.333. The summed E-state index contributed by atoms with van der Waals surface area (Å²) in [4.78, 5) is 17.1.